The van der Waals surface area contributed by atoms with Gasteiger partial charge in [0.25, 0.3) is 0 Å². The third-order valence-electron chi connectivity index (χ3n) is 5.21. The molecule has 7 heteroatoms. The van der Waals surface area contributed by atoms with Gasteiger partial charge in [0.1, 0.15) is 11.9 Å². The second-order valence-corrected chi connectivity index (χ2v) is 6.93. The maximum Gasteiger partial charge on any atom is 0.318 e. The quantitative estimate of drug-likeness (QED) is 0.892. The van der Waals surface area contributed by atoms with Crippen LogP contribution < -0.4 is 5.32 Å². The minimum absolute atomic E-state index is 0.104. The summed E-state index contributed by atoms with van der Waals surface area (Å²) in [5, 5.41) is 17.9. The summed E-state index contributed by atoms with van der Waals surface area (Å²) in [4.78, 5) is 14.2. The largest absolute Gasteiger partial charge is 0.467 e. The van der Waals surface area contributed by atoms with Crippen molar-refractivity contribution in [2.24, 2.45) is 5.92 Å². The monoisotopic (exact) mass is 344 g/mol. The molecule has 0 aromatic carbocycles. The fourth-order valence-electron chi connectivity index (χ4n) is 3.49. The molecule has 2 N–H and O–H groups in total. The predicted molar refractivity (Wildman–Crippen MR) is 90.5 cm³/mol. The van der Waals surface area contributed by atoms with E-state index in [4.69, 9.17) is 4.42 Å². The molecule has 7 nitrogen and oxygen atoms in total. The van der Waals surface area contributed by atoms with Gasteiger partial charge in [0.05, 0.1) is 30.7 Å². The molecule has 1 saturated carbocycles. The maximum atomic E-state index is 12.5. The Labute approximate surface area is 146 Å². The van der Waals surface area contributed by atoms with Crippen LogP contribution in [0, 0.1) is 5.92 Å². The van der Waals surface area contributed by atoms with Crippen molar-refractivity contribution in [3.63, 3.8) is 0 Å². The third kappa shape index (κ3) is 3.42. The minimum atomic E-state index is -0.477. The Morgan fingerprint density at radius 3 is 3.00 bits per heavy atom. The Morgan fingerprint density at radius 1 is 1.40 bits per heavy atom. The topological polar surface area (TPSA) is 83.5 Å². The van der Waals surface area contributed by atoms with Crippen LogP contribution in [-0.4, -0.2) is 32.4 Å². The number of aliphatic hydroxyl groups is 1. The highest BCUT2D eigenvalue weighted by Gasteiger charge is 2.30. The summed E-state index contributed by atoms with van der Waals surface area (Å²) in [5.74, 6) is 1.07. The van der Waals surface area contributed by atoms with E-state index in [1.165, 1.54) is 6.42 Å². The lowest BCUT2D eigenvalue weighted by molar-refractivity contribution is 0.0581. The molecule has 0 saturated heterocycles. The average molecular weight is 344 g/mol. The van der Waals surface area contributed by atoms with Crippen LogP contribution in [-0.2, 0) is 19.6 Å². The number of rotatable bonds is 4. The van der Waals surface area contributed by atoms with Crippen LogP contribution in [0.3, 0.4) is 0 Å². The van der Waals surface area contributed by atoms with E-state index in [9.17, 15) is 9.90 Å². The van der Waals surface area contributed by atoms with Gasteiger partial charge >= 0.3 is 6.03 Å². The first-order valence-corrected chi connectivity index (χ1v) is 9.00. The summed E-state index contributed by atoms with van der Waals surface area (Å²) in [5.41, 5.74) is 1.73. The first-order chi connectivity index (χ1) is 12.2. The lowest BCUT2D eigenvalue weighted by Gasteiger charge is -2.29. The van der Waals surface area contributed by atoms with Crippen molar-refractivity contribution in [2.75, 3.05) is 6.54 Å². The molecule has 1 aliphatic heterocycles. The zero-order chi connectivity index (χ0) is 17.2. The molecule has 2 amide bonds. The highest BCUT2D eigenvalue weighted by Crippen LogP contribution is 2.37. The van der Waals surface area contributed by atoms with Gasteiger partial charge in [-0.25, -0.2) is 4.79 Å². The van der Waals surface area contributed by atoms with E-state index in [1.54, 1.807) is 17.2 Å². The molecule has 25 heavy (non-hydrogen) atoms. The highest BCUT2D eigenvalue weighted by molar-refractivity contribution is 5.74. The summed E-state index contributed by atoms with van der Waals surface area (Å²) in [6.07, 6.45) is 5.31. The van der Waals surface area contributed by atoms with Gasteiger partial charge in [0.2, 0.25) is 0 Å². The fraction of sp³-hybridized carbons (Fsp3) is 0.556. The van der Waals surface area contributed by atoms with Crippen LogP contribution in [0.2, 0.25) is 0 Å². The number of hydrogen-bond acceptors (Lipinski definition) is 4. The third-order valence-corrected chi connectivity index (χ3v) is 5.21. The van der Waals surface area contributed by atoms with Crippen LogP contribution in [0.4, 0.5) is 4.79 Å². The number of furan rings is 1. The first-order valence-electron chi connectivity index (χ1n) is 9.00. The average Bonchev–Trinajstić information content (AvgIpc) is 3.16. The standard InChI is InChI=1S/C18H24N4O3/c23-17(13-4-1-5-13)16-10-14-12-21(7-3-8-22(14)20-16)18(24)19-11-15-6-2-9-25-15/h2,6,9-10,13,17,23H,1,3-5,7-8,11-12H2,(H,19,24)/t17-/m0/s1. The van der Waals surface area contributed by atoms with Gasteiger partial charge in [-0.05, 0) is 43.4 Å². The van der Waals surface area contributed by atoms with Crippen molar-refractivity contribution >= 4 is 6.03 Å². The van der Waals surface area contributed by atoms with E-state index >= 15 is 0 Å². The summed E-state index contributed by atoms with van der Waals surface area (Å²) in [6.45, 7) is 2.35. The molecule has 0 bridgehead atoms. The number of aromatic nitrogens is 2. The van der Waals surface area contributed by atoms with Gasteiger partial charge in [-0.1, -0.05) is 6.42 Å². The number of urea groups is 1. The summed E-state index contributed by atoms with van der Waals surface area (Å²) in [7, 11) is 0. The van der Waals surface area contributed by atoms with Crippen molar-refractivity contribution in [3.8, 4) is 0 Å². The van der Waals surface area contributed by atoms with E-state index in [0.29, 0.717) is 25.6 Å². The number of hydrogen-bond donors (Lipinski definition) is 2. The van der Waals surface area contributed by atoms with E-state index in [0.717, 1.165) is 43.0 Å². The zero-order valence-corrected chi connectivity index (χ0v) is 14.2. The zero-order valence-electron chi connectivity index (χ0n) is 14.2. The molecule has 3 heterocycles. The van der Waals surface area contributed by atoms with Crippen molar-refractivity contribution in [2.45, 2.75) is 51.4 Å². The van der Waals surface area contributed by atoms with Crippen LogP contribution in [0.15, 0.2) is 28.9 Å². The van der Waals surface area contributed by atoms with Gasteiger partial charge in [0, 0.05) is 13.1 Å². The van der Waals surface area contributed by atoms with E-state index in [2.05, 4.69) is 10.4 Å². The van der Waals surface area contributed by atoms with Gasteiger partial charge in [-0.15, -0.1) is 0 Å². The molecule has 1 atom stereocenters. The maximum absolute atomic E-state index is 12.5. The van der Waals surface area contributed by atoms with Crippen molar-refractivity contribution in [3.05, 3.63) is 41.6 Å². The number of fused-ring (bicyclic) bond motifs is 1. The molecule has 1 fully saturated rings. The number of carbonyl (C=O) groups is 1. The molecular weight excluding hydrogens is 320 g/mol. The lowest BCUT2D eigenvalue weighted by Crippen LogP contribution is -2.39. The molecule has 0 radical (unpaired) electrons. The van der Waals surface area contributed by atoms with Crippen LogP contribution >= 0.6 is 0 Å². The molecule has 0 spiro atoms. The predicted octanol–water partition coefficient (Wildman–Crippen LogP) is 2.43. The molecular formula is C18H24N4O3. The van der Waals surface area contributed by atoms with Gasteiger partial charge in [-0.3, -0.25) is 4.68 Å². The number of aryl methyl sites for hydroxylation is 1. The van der Waals surface area contributed by atoms with Crippen LogP contribution in [0.25, 0.3) is 0 Å². The highest BCUT2D eigenvalue weighted by atomic mass is 16.3. The number of nitrogens with zero attached hydrogens (tertiary/aromatic N) is 3. The van der Waals surface area contributed by atoms with Crippen molar-refractivity contribution in [1.82, 2.24) is 20.0 Å². The Morgan fingerprint density at radius 2 is 2.28 bits per heavy atom. The second kappa shape index (κ2) is 6.92. The fourth-order valence-corrected chi connectivity index (χ4v) is 3.49. The summed E-state index contributed by atoms with van der Waals surface area (Å²) >= 11 is 0. The second-order valence-electron chi connectivity index (χ2n) is 6.93. The molecule has 2 aliphatic rings. The summed E-state index contributed by atoms with van der Waals surface area (Å²) in [6, 6.07) is 5.50. The van der Waals surface area contributed by atoms with Gasteiger partial charge < -0.3 is 19.7 Å². The van der Waals surface area contributed by atoms with E-state index < -0.39 is 6.10 Å². The van der Waals surface area contributed by atoms with Crippen LogP contribution in [0.1, 0.15) is 48.9 Å². The van der Waals surface area contributed by atoms with Gasteiger partial charge in [0.15, 0.2) is 0 Å². The van der Waals surface area contributed by atoms with Gasteiger partial charge in [-0.2, -0.15) is 5.10 Å². The first kappa shape index (κ1) is 16.2. The molecule has 1 aliphatic carbocycles. The lowest BCUT2D eigenvalue weighted by atomic mass is 9.80. The summed E-state index contributed by atoms with van der Waals surface area (Å²) < 4.78 is 7.19. The number of amides is 2. The number of carbonyl (C=O) groups excluding carboxylic acids is 1. The Balaban J connectivity index is 1.41. The van der Waals surface area contributed by atoms with E-state index in [1.807, 2.05) is 16.8 Å². The molecule has 4 rings (SSSR count). The van der Waals surface area contributed by atoms with E-state index in [-0.39, 0.29) is 6.03 Å². The molecule has 2 aromatic rings. The normalized spacial score (nSPS) is 19.0. The Hall–Kier alpha value is -2.28. The SMILES string of the molecule is O=C(NCc1ccco1)N1CCCn2nc([C@@H](O)C3CCC3)cc2C1. The number of nitrogens with one attached hydrogen (secondary N) is 1. The minimum Gasteiger partial charge on any atom is -0.467 e. The van der Waals surface area contributed by atoms with Crippen molar-refractivity contribution < 1.29 is 14.3 Å². The molecule has 0 unspecified atom stereocenters. The smallest absolute Gasteiger partial charge is 0.318 e. The van der Waals surface area contributed by atoms with Crippen molar-refractivity contribution in [1.29, 1.82) is 0 Å². The Kier molecular flexibility index (Phi) is 4.48. The Bertz CT molecular complexity index is 721. The molecule has 2 aromatic heterocycles. The molecule has 134 valence electrons. The van der Waals surface area contributed by atoms with Crippen LogP contribution in [0.5, 0.6) is 0 Å². The number of aliphatic hydroxyl groups excluding tert-OH is 1.